The number of rotatable bonds is 9. The molecule has 2 atom stereocenters. The maximum Gasteiger partial charge on any atom is 0.191 e. The average Bonchev–Trinajstić information content (AvgIpc) is 3.10. The summed E-state index contributed by atoms with van der Waals surface area (Å²) in [6, 6.07) is 8.07. The predicted octanol–water partition coefficient (Wildman–Crippen LogP) is 3.80. The molecule has 5 nitrogen and oxygen atoms in total. The number of aliphatic imine (C=N–C) groups is 1. The van der Waals surface area contributed by atoms with Crippen molar-refractivity contribution in [2.75, 3.05) is 39.5 Å². The highest BCUT2D eigenvalue weighted by Crippen LogP contribution is 2.32. The molecule has 0 aliphatic carbocycles. The molecule has 0 aromatic heterocycles. The number of aliphatic hydroxyl groups is 1. The van der Waals surface area contributed by atoms with Crippen molar-refractivity contribution in [1.82, 2.24) is 10.6 Å². The van der Waals surface area contributed by atoms with Gasteiger partial charge in [-0.3, -0.25) is 4.99 Å². The molecule has 2 unspecified atom stereocenters. The number of hydrogen-bond acceptors (Lipinski definition) is 3. The topological polar surface area (TPSA) is 65.9 Å². The van der Waals surface area contributed by atoms with E-state index < -0.39 is 0 Å². The third-order valence-electron chi connectivity index (χ3n) is 5.09. The van der Waals surface area contributed by atoms with Gasteiger partial charge in [-0.2, -0.15) is 0 Å². The summed E-state index contributed by atoms with van der Waals surface area (Å²) in [4.78, 5) is 4.78. The molecule has 0 spiro atoms. The molecule has 7 heteroatoms. The van der Waals surface area contributed by atoms with Gasteiger partial charge < -0.3 is 20.5 Å². The molecule has 0 saturated carbocycles. The summed E-state index contributed by atoms with van der Waals surface area (Å²) in [5, 5.41) is 16.9. The summed E-state index contributed by atoms with van der Waals surface area (Å²) in [5.74, 6) is 1.22. The van der Waals surface area contributed by atoms with E-state index in [-0.39, 0.29) is 36.0 Å². The quantitative estimate of drug-likeness (QED) is 0.269. The molecule has 1 aliphatic rings. The molecule has 3 N–H and O–H groups in total. The lowest BCUT2D eigenvalue weighted by molar-refractivity contribution is 0.131. The molecule has 1 heterocycles. The van der Waals surface area contributed by atoms with E-state index in [1.165, 1.54) is 5.56 Å². The molecule has 1 fully saturated rings. The fourth-order valence-corrected chi connectivity index (χ4v) is 3.45. The van der Waals surface area contributed by atoms with Crippen LogP contribution in [0.4, 0.5) is 0 Å². The van der Waals surface area contributed by atoms with E-state index in [0.717, 1.165) is 49.9 Å². The fourth-order valence-electron chi connectivity index (χ4n) is 3.33. The molecule has 154 valence electrons. The van der Waals surface area contributed by atoms with E-state index in [1.54, 1.807) is 0 Å². The van der Waals surface area contributed by atoms with Crippen LogP contribution < -0.4 is 10.6 Å². The molecule has 1 aromatic carbocycles. The summed E-state index contributed by atoms with van der Waals surface area (Å²) in [6.07, 6.45) is 2.73. The monoisotopic (exact) mass is 509 g/mol. The Hall–Kier alpha value is -0.570. The minimum atomic E-state index is -0.0303. The number of aliphatic hydroxyl groups excluding tert-OH is 1. The second-order valence-corrected chi connectivity index (χ2v) is 7.45. The van der Waals surface area contributed by atoms with Gasteiger partial charge in [0.15, 0.2) is 5.96 Å². The van der Waals surface area contributed by atoms with Crippen LogP contribution >= 0.6 is 35.6 Å². The van der Waals surface area contributed by atoms with Crippen LogP contribution in [0.25, 0.3) is 0 Å². The van der Waals surface area contributed by atoms with Gasteiger partial charge in [0.1, 0.15) is 0 Å². The van der Waals surface area contributed by atoms with E-state index in [2.05, 4.69) is 36.6 Å². The molecule has 1 aliphatic heterocycles. The van der Waals surface area contributed by atoms with Crippen LogP contribution in [0.5, 0.6) is 0 Å². The van der Waals surface area contributed by atoms with Crippen molar-refractivity contribution >= 4 is 41.5 Å². The number of benzene rings is 1. The number of halogens is 2. The van der Waals surface area contributed by atoms with Gasteiger partial charge in [0.2, 0.25) is 0 Å². The molecule has 0 radical (unpaired) electrons. The highest BCUT2D eigenvalue weighted by atomic mass is 127. The summed E-state index contributed by atoms with van der Waals surface area (Å²) in [6.45, 7) is 8.16. The van der Waals surface area contributed by atoms with Crippen molar-refractivity contribution < 1.29 is 9.84 Å². The van der Waals surface area contributed by atoms with Gasteiger partial charge in [-0.1, -0.05) is 30.7 Å². The van der Waals surface area contributed by atoms with E-state index >= 15 is 0 Å². The first-order chi connectivity index (χ1) is 12.6. The highest BCUT2D eigenvalue weighted by Gasteiger charge is 2.34. The van der Waals surface area contributed by atoms with Crippen LogP contribution in [0.1, 0.15) is 44.6 Å². The van der Waals surface area contributed by atoms with Crippen LogP contribution in [0.15, 0.2) is 29.3 Å². The Morgan fingerprint density at radius 2 is 2.04 bits per heavy atom. The van der Waals surface area contributed by atoms with Gasteiger partial charge in [-0.05, 0) is 43.9 Å². The summed E-state index contributed by atoms with van der Waals surface area (Å²) < 4.78 is 5.56. The first-order valence-electron chi connectivity index (χ1n) is 9.58. The van der Waals surface area contributed by atoms with Crippen molar-refractivity contribution in [3.05, 3.63) is 34.9 Å². The maximum absolute atomic E-state index is 9.37. The van der Waals surface area contributed by atoms with E-state index in [1.807, 2.05) is 12.1 Å². The smallest absolute Gasteiger partial charge is 0.191 e. The molecular weight excluding hydrogens is 477 g/mol. The average molecular weight is 510 g/mol. The maximum atomic E-state index is 9.37. The Morgan fingerprint density at radius 1 is 1.30 bits per heavy atom. The third kappa shape index (κ3) is 7.75. The lowest BCUT2D eigenvalue weighted by Gasteiger charge is -2.25. The Labute approximate surface area is 185 Å². The standard InChI is InChI=1S/C20H32ClN3O2.HI/c1-3-16(17-5-7-18(21)8-6-17)13-23-19(22-4-2)24-14-20(9-11-25)10-12-26-15-20;/h5-8,16,25H,3-4,9-15H2,1-2H3,(H2,22,23,24);1H. The Balaban J connectivity index is 0.00000364. The van der Waals surface area contributed by atoms with Crippen molar-refractivity contribution in [2.24, 2.45) is 10.4 Å². The van der Waals surface area contributed by atoms with Gasteiger partial charge in [0.05, 0.1) is 13.2 Å². The molecule has 2 rings (SSSR count). The zero-order chi connectivity index (χ0) is 18.8. The van der Waals surface area contributed by atoms with E-state index in [0.29, 0.717) is 19.1 Å². The lowest BCUT2D eigenvalue weighted by atomic mass is 9.84. The van der Waals surface area contributed by atoms with Gasteiger partial charge >= 0.3 is 0 Å². The molecule has 1 saturated heterocycles. The van der Waals surface area contributed by atoms with Gasteiger partial charge in [-0.25, -0.2) is 0 Å². The number of guanidine groups is 1. The summed E-state index contributed by atoms with van der Waals surface area (Å²) in [5.41, 5.74) is 1.25. The first-order valence-corrected chi connectivity index (χ1v) is 9.96. The zero-order valence-corrected chi connectivity index (χ0v) is 19.4. The largest absolute Gasteiger partial charge is 0.396 e. The van der Waals surface area contributed by atoms with Gasteiger partial charge in [0, 0.05) is 42.7 Å². The SMILES string of the molecule is CCNC(=NCC1(CCO)CCOC1)NCC(CC)c1ccc(Cl)cc1.I. The van der Waals surface area contributed by atoms with Crippen LogP contribution in [0.3, 0.4) is 0 Å². The van der Waals surface area contributed by atoms with Crippen molar-refractivity contribution in [2.45, 2.75) is 39.0 Å². The van der Waals surface area contributed by atoms with Crippen LogP contribution in [0, 0.1) is 5.41 Å². The Morgan fingerprint density at radius 3 is 2.59 bits per heavy atom. The van der Waals surface area contributed by atoms with E-state index in [9.17, 15) is 5.11 Å². The summed E-state index contributed by atoms with van der Waals surface area (Å²) in [7, 11) is 0. The number of nitrogens with zero attached hydrogens (tertiary/aromatic N) is 1. The lowest BCUT2D eigenvalue weighted by Crippen LogP contribution is -2.40. The Kier molecular flexibility index (Phi) is 11.6. The first kappa shape index (κ1) is 24.5. The molecular formula is C20H33ClIN3O2. The van der Waals surface area contributed by atoms with Gasteiger partial charge in [0.25, 0.3) is 0 Å². The van der Waals surface area contributed by atoms with Gasteiger partial charge in [-0.15, -0.1) is 24.0 Å². The third-order valence-corrected chi connectivity index (χ3v) is 5.35. The Bertz CT molecular complexity index is 563. The second kappa shape index (κ2) is 12.8. The normalized spacial score (nSPS) is 20.8. The number of nitrogens with one attached hydrogen (secondary N) is 2. The van der Waals surface area contributed by atoms with Crippen LogP contribution in [-0.2, 0) is 4.74 Å². The van der Waals surface area contributed by atoms with Crippen LogP contribution in [-0.4, -0.2) is 50.5 Å². The van der Waals surface area contributed by atoms with Crippen LogP contribution in [0.2, 0.25) is 5.02 Å². The fraction of sp³-hybridized carbons (Fsp3) is 0.650. The highest BCUT2D eigenvalue weighted by molar-refractivity contribution is 14.0. The predicted molar refractivity (Wildman–Crippen MR) is 123 cm³/mol. The number of hydrogen-bond donors (Lipinski definition) is 3. The van der Waals surface area contributed by atoms with Crippen molar-refractivity contribution in [3.63, 3.8) is 0 Å². The minimum Gasteiger partial charge on any atom is -0.396 e. The zero-order valence-electron chi connectivity index (χ0n) is 16.3. The van der Waals surface area contributed by atoms with Crippen molar-refractivity contribution in [1.29, 1.82) is 0 Å². The molecule has 1 aromatic rings. The van der Waals surface area contributed by atoms with Crippen molar-refractivity contribution in [3.8, 4) is 0 Å². The van der Waals surface area contributed by atoms with E-state index in [4.69, 9.17) is 21.3 Å². The minimum absolute atomic E-state index is 0. The number of ether oxygens (including phenoxy) is 1. The molecule has 0 amide bonds. The second-order valence-electron chi connectivity index (χ2n) is 7.01. The molecule has 0 bridgehead atoms. The summed E-state index contributed by atoms with van der Waals surface area (Å²) >= 11 is 6.00. The molecule has 27 heavy (non-hydrogen) atoms.